The van der Waals surface area contributed by atoms with Crippen LogP contribution in [0.1, 0.15) is 52.7 Å². The molecular formula is C52H45N4PdS-3. The molecule has 7 aromatic rings. The summed E-state index contributed by atoms with van der Waals surface area (Å²) in [7, 11) is 0. The standard InChI is InChI=1S/C52H45N4S.Pd/c1-51(2,3)38-30-39(52(4,5)6)32-41(31-38)55-28-27-54(35-55)40-17-14-18-42(33-40)57-43-23-25-47-45-20-11-10-19-44(45)46-24-22-37(36-15-8-7-9-16-36)29-48(46)56(49(47)34-43)50-21-12-13-26-53-50;/h7-32,35H,1-6H3;/q-3;. The van der Waals surface area contributed by atoms with E-state index in [1.165, 1.54) is 27.8 Å². The fraction of sp³-hybridized carbons (Fsp3) is 0.154. The first-order chi connectivity index (χ1) is 27.5. The van der Waals surface area contributed by atoms with Gasteiger partial charge in [-0.3, -0.25) is 0 Å². The molecule has 0 amide bonds. The Balaban J connectivity index is 0.00000469. The monoisotopic (exact) mass is 863 g/mol. The summed E-state index contributed by atoms with van der Waals surface area (Å²) < 4.78 is 0. The Bertz CT molecular complexity index is 2590. The van der Waals surface area contributed by atoms with Gasteiger partial charge in [-0.1, -0.05) is 132 Å². The van der Waals surface area contributed by atoms with Gasteiger partial charge in [-0.15, -0.1) is 51.6 Å². The zero-order valence-corrected chi connectivity index (χ0v) is 36.0. The van der Waals surface area contributed by atoms with Gasteiger partial charge >= 0.3 is 0 Å². The SMILES string of the molecule is CC(C)(C)c1cc(N2C=CN(c3[c-]c(Sc4[c-]c5c(cc4)-c4ccccc4-c4ccc(-c6ccccc6)cc4N5c4ccccn4)ccc3)[CH-]2)cc(C(C)(C)C)c1.[Pd]. The summed E-state index contributed by atoms with van der Waals surface area (Å²) in [6.45, 7) is 15.8. The maximum atomic E-state index is 4.91. The quantitative estimate of drug-likeness (QED) is 0.122. The fourth-order valence-electron chi connectivity index (χ4n) is 7.51. The molecule has 292 valence electrons. The van der Waals surface area contributed by atoms with Crippen LogP contribution in [0.15, 0.2) is 168 Å². The Morgan fingerprint density at radius 3 is 1.91 bits per heavy atom. The second kappa shape index (κ2) is 15.8. The van der Waals surface area contributed by atoms with Crippen LogP contribution >= 0.6 is 11.8 Å². The predicted molar refractivity (Wildman–Crippen MR) is 239 cm³/mol. The van der Waals surface area contributed by atoms with E-state index < -0.39 is 0 Å². The van der Waals surface area contributed by atoms with Crippen molar-refractivity contribution in [1.29, 1.82) is 0 Å². The molecule has 6 heteroatoms. The van der Waals surface area contributed by atoms with Gasteiger partial charge in [0.1, 0.15) is 5.82 Å². The molecule has 4 nitrogen and oxygen atoms in total. The summed E-state index contributed by atoms with van der Waals surface area (Å²) in [6, 6.07) is 57.5. The molecule has 0 atom stereocenters. The van der Waals surface area contributed by atoms with E-state index in [2.05, 4.69) is 221 Å². The summed E-state index contributed by atoms with van der Waals surface area (Å²) in [6.07, 6.45) is 6.11. The summed E-state index contributed by atoms with van der Waals surface area (Å²) in [5.41, 5.74) is 13.8. The number of fused-ring (bicyclic) bond motifs is 5. The van der Waals surface area contributed by atoms with Gasteiger partial charge in [0.25, 0.3) is 0 Å². The number of aromatic nitrogens is 1. The smallest absolute Gasteiger partial charge is 0.135 e. The van der Waals surface area contributed by atoms with Crippen molar-refractivity contribution in [2.24, 2.45) is 0 Å². The molecule has 6 aromatic carbocycles. The molecule has 2 aliphatic heterocycles. The second-order valence-electron chi connectivity index (χ2n) is 16.8. The molecule has 9 rings (SSSR count). The van der Waals surface area contributed by atoms with Crippen LogP contribution in [0.25, 0.3) is 33.4 Å². The molecule has 2 aliphatic rings. The first-order valence-corrected chi connectivity index (χ1v) is 20.3. The predicted octanol–water partition coefficient (Wildman–Crippen LogP) is 14.1. The first kappa shape index (κ1) is 39.4. The van der Waals surface area contributed by atoms with Crippen LogP contribution < -0.4 is 14.7 Å². The maximum absolute atomic E-state index is 4.91. The molecule has 0 radical (unpaired) electrons. The number of nitrogens with zero attached hydrogens (tertiary/aromatic N) is 4. The minimum atomic E-state index is 0. The summed E-state index contributed by atoms with van der Waals surface area (Å²) in [5.74, 6) is 0.841. The molecule has 0 fully saturated rings. The summed E-state index contributed by atoms with van der Waals surface area (Å²) in [4.78, 5) is 13.6. The van der Waals surface area contributed by atoms with Crippen molar-refractivity contribution in [3.05, 3.63) is 188 Å². The van der Waals surface area contributed by atoms with E-state index >= 15 is 0 Å². The second-order valence-corrected chi connectivity index (χ2v) is 17.8. The zero-order chi connectivity index (χ0) is 39.3. The Hall–Kier alpha value is -5.38. The van der Waals surface area contributed by atoms with Gasteiger partial charge in [-0.05, 0) is 81.4 Å². The third-order valence-corrected chi connectivity index (χ3v) is 11.6. The van der Waals surface area contributed by atoms with Gasteiger partial charge in [-0.2, -0.15) is 30.3 Å². The van der Waals surface area contributed by atoms with Gasteiger partial charge in [0.05, 0.1) is 5.69 Å². The summed E-state index contributed by atoms with van der Waals surface area (Å²) >= 11 is 1.67. The fourth-order valence-corrected chi connectivity index (χ4v) is 8.33. The maximum Gasteiger partial charge on any atom is 0.135 e. The van der Waals surface area contributed by atoms with Crippen molar-refractivity contribution < 1.29 is 20.4 Å². The van der Waals surface area contributed by atoms with Crippen molar-refractivity contribution in [3.63, 3.8) is 0 Å². The topological polar surface area (TPSA) is 22.6 Å². The third kappa shape index (κ3) is 7.77. The molecule has 0 saturated heterocycles. The van der Waals surface area contributed by atoms with E-state index in [0.29, 0.717) is 0 Å². The van der Waals surface area contributed by atoms with Crippen LogP contribution in [0.2, 0.25) is 0 Å². The number of hydrogen-bond donors (Lipinski definition) is 0. The molecule has 0 N–H and O–H groups in total. The van der Waals surface area contributed by atoms with Crippen LogP contribution in [-0.2, 0) is 31.3 Å². The number of pyridine rings is 1. The van der Waals surface area contributed by atoms with Crippen molar-refractivity contribution in [2.45, 2.75) is 62.2 Å². The average molecular weight is 864 g/mol. The van der Waals surface area contributed by atoms with Gasteiger partial charge in [0, 0.05) is 37.9 Å². The van der Waals surface area contributed by atoms with Crippen LogP contribution in [0.4, 0.5) is 28.6 Å². The van der Waals surface area contributed by atoms with Crippen molar-refractivity contribution in [1.82, 2.24) is 4.98 Å². The molecular weight excluding hydrogens is 819 g/mol. The first-order valence-electron chi connectivity index (χ1n) is 19.5. The Morgan fingerprint density at radius 1 is 0.552 bits per heavy atom. The Morgan fingerprint density at radius 2 is 1.21 bits per heavy atom. The van der Waals surface area contributed by atoms with E-state index in [9.17, 15) is 0 Å². The Kier molecular flexibility index (Phi) is 10.7. The van der Waals surface area contributed by atoms with E-state index in [4.69, 9.17) is 4.98 Å². The molecule has 1 aromatic heterocycles. The molecule has 0 spiro atoms. The Labute approximate surface area is 361 Å². The van der Waals surface area contributed by atoms with Crippen LogP contribution in [0.3, 0.4) is 0 Å². The normalized spacial score (nSPS) is 13.4. The van der Waals surface area contributed by atoms with Gasteiger partial charge in [0.15, 0.2) is 0 Å². The van der Waals surface area contributed by atoms with Crippen LogP contribution in [0.5, 0.6) is 0 Å². The van der Waals surface area contributed by atoms with Crippen LogP contribution in [-0.4, -0.2) is 4.98 Å². The molecule has 0 aliphatic carbocycles. The largest absolute Gasteiger partial charge is 0.500 e. The number of hydrogen-bond acceptors (Lipinski definition) is 5. The van der Waals surface area contributed by atoms with Crippen molar-refractivity contribution >= 4 is 40.3 Å². The third-order valence-electron chi connectivity index (χ3n) is 10.7. The van der Waals surface area contributed by atoms with E-state index in [-0.39, 0.29) is 31.3 Å². The minimum Gasteiger partial charge on any atom is -0.500 e. The molecule has 0 unspecified atom stereocenters. The van der Waals surface area contributed by atoms with E-state index in [0.717, 1.165) is 55.0 Å². The van der Waals surface area contributed by atoms with Gasteiger partial charge in [0.2, 0.25) is 0 Å². The number of anilines is 5. The number of benzene rings is 6. The van der Waals surface area contributed by atoms with Crippen molar-refractivity contribution in [2.75, 3.05) is 14.7 Å². The average Bonchev–Trinajstić information content (AvgIpc) is 3.68. The number of rotatable bonds is 6. The van der Waals surface area contributed by atoms with Gasteiger partial charge < -0.3 is 14.7 Å². The van der Waals surface area contributed by atoms with Crippen molar-refractivity contribution in [3.8, 4) is 33.4 Å². The van der Waals surface area contributed by atoms with Crippen LogP contribution in [0, 0.1) is 18.8 Å². The van der Waals surface area contributed by atoms with Gasteiger partial charge in [-0.25, -0.2) is 4.98 Å². The van der Waals surface area contributed by atoms with E-state index in [1.54, 1.807) is 11.8 Å². The molecule has 58 heavy (non-hydrogen) atoms. The van der Waals surface area contributed by atoms with E-state index in [1.807, 2.05) is 12.3 Å². The molecule has 0 bridgehead atoms. The molecule has 3 heterocycles. The minimum absolute atomic E-state index is 0. The summed E-state index contributed by atoms with van der Waals surface area (Å²) in [5, 5.41) is 0. The molecule has 0 saturated carbocycles. The zero-order valence-electron chi connectivity index (χ0n) is 33.6.